The van der Waals surface area contributed by atoms with Crippen molar-refractivity contribution in [3.8, 4) is 5.75 Å². The van der Waals surface area contributed by atoms with Crippen LogP contribution >= 0.6 is 7.60 Å². The summed E-state index contributed by atoms with van der Waals surface area (Å²) in [4.78, 5) is 1.87. The Bertz CT molecular complexity index is 459. The number of methoxy groups -OCH3 is 1. The van der Waals surface area contributed by atoms with Crippen LogP contribution in [0.1, 0.15) is 27.7 Å². The van der Waals surface area contributed by atoms with E-state index in [2.05, 4.69) is 0 Å². The fourth-order valence-electron chi connectivity index (χ4n) is 1.91. The second kappa shape index (κ2) is 7.83. The van der Waals surface area contributed by atoms with Gasteiger partial charge in [-0.1, -0.05) is 0 Å². The van der Waals surface area contributed by atoms with Crippen molar-refractivity contribution in [3.05, 3.63) is 24.3 Å². The van der Waals surface area contributed by atoms with Crippen molar-refractivity contribution in [2.75, 3.05) is 25.3 Å². The van der Waals surface area contributed by atoms with Crippen molar-refractivity contribution >= 4 is 13.3 Å². The van der Waals surface area contributed by atoms with Crippen molar-refractivity contribution in [3.63, 3.8) is 0 Å². The molecule has 120 valence electrons. The molecule has 1 rings (SSSR count). The maximum atomic E-state index is 12.8. The van der Waals surface area contributed by atoms with Gasteiger partial charge in [0.2, 0.25) is 0 Å². The molecule has 0 aliphatic heterocycles. The van der Waals surface area contributed by atoms with Gasteiger partial charge in [-0.25, -0.2) is 0 Å². The Morgan fingerprint density at radius 2 is 1.52 bits per heavy atom. The Kier molecular flexibility index (Phi) is 6.72. The standard InChI is InChI=1S/C15H26NO4P/c1-12(2)19-21(17,20-13(3)4)11-16(5)14-7-9-15(18-6)10-8-14/h7-10,12-13H,11H2,1-6H3. The van der Waals surface area contributed by atoms with Gasteiger partial charge in [-0.15, -0.1) is 0 Å². The normalized spacial score (nSPS) is 12.0. The van der Waals surface area contributed by atoms with E-state index in [-0.39, 0.29) is 18.5 Å². The summed E-state index contributed by atoms with van der Waals surface area (Å²) in [6, 6.07) is 7.55. The van der Waals surface area contributed by atoms with Crippen LogP contribution in [0, 0.1) is 0 Å². The Balaban J connectivity index is 2.83. The summed E-state index contributed by atoms with van der Waals surface area (Å²) < 4.78 is 29.1. The summed E-state index contributed by atoms with van der Waals surface area (Å²) >= 11 is 0. The lowest BCUT2D eigenvalue weighted by molar-refractivity contribution is 0.142. The maximum Gasteiger partial charge on any atom is 0.350 e. The van der Waals surface area contributed by atoms with E-state index in [1.165, 1.54) is 0 Å². The summed E-state index contributed by atoms with van der Waals surface area (Å²) in [5, 5.41) is 0. The summed E-state index contributed by atoms with van der Waals surface area (Å²) in [6.45, 7) is 7.40. The third-order valence-corrected chi connectivity index (χ3v) is 4.90. The van der Waals surface area contributed by atoms with Gasteiger partial charge < -0.3 is 18.7 Å². The van der Waals surface area contributed by atoms with E-state index in [9.17, 15) is 4.57 Å². The molecular weight excluding hydrogens is 289 g/mol. The van der Waals surface area contributed by atoms with Crippen molar-refractivity contribution < 1.29 is 18.3 Å². The summed E-state index contributed by atoms with van der Waals surface area (Å²) in [6.07, 6.45) is -0.104. The van der Waals surface area contributed by atoms with E-state index in [4.69, 9.17) is 13.8 Å². The quantitative estimate of drug-likeness (QED) is 0.675. The van der Waals surface area contributed by atoms with Gasteiger partial charge >= 0.3 is 7.60 Å². The van der Waals surface area contributed by atoms with E-state index in [1.807, 2.05) is 63.9 Å². The monoisotopic (exact) mass is 315 g/mol. The van der Waals surface area contributed by atoms with Crippen LogP contribution in [0.3, 0.4) is 0 Å². The molecule has 21 heavy (non-hydrogen) atoms. The van der Waals surface area contributed by atoms with E-state index in [0.717, 1.165) is 11.4 Å². The molecule has 0 saturated carbocycles. The van der Waals surface area contributed by atoms with Crippen molar-refractivity contribution in [2.45, 2.75) is 39.9 Å². The van der Waals surface area contributed by atoms with Crippen LogP contribution in [0.15, 0.2) is 24.3 Å². The Morgan fingerprint density at radius 3 is 1.90 bits per heavy atom. The molecular formula is C15H26NO4P. The summed E-state index contributed by atoms with van der Waals surface area (Å²) in [7, 11) is 0.310. The average molecular weight is 315 g/mol. The lowest BCUT2D eigenvalue weighted by Crippen LogP contribution is -2.22. The number of nitrogens with zero attached hydrogens (tertiary/aromatic N) is 1. The fourth-order valence-corrected chi connectivity index (χ4v) is 4.06. The third-order valence-electron chi connectivity index (χ3n) is 2.64. The van der Waals surface area contributed by atoms with Gasteiger partial charge in [0.1, 0.15) is 12.0 Å². The second-order valence-electron chi connectivity index (χ2n) is 5.46. The first-order chi connectivity index (χ1) is 9.75. The zero-order chi connectivity index (χ0) is 16.0. The minimum atomic E-state index is -3.18. The SMILES string of the molecule is COc1ccc(N(C)CP(=O)(OC(C)C)OC(C)C)cc1. The molecule has 5 nitrogen and oxygen atoms in total. The largest absolute Gasteiger partial charge is 0.497 e. The molecule has 0 bridgehead atoms. The third kappa shape index (κ3) is 6.08. The molecule has 0 spiro atoms. The van der Waals surface area contributed by atoms with Gasteiger partial charge in [0, 0.05) is 12.7 Å². The van der Waals surface area contributed by atoms with Crippen molar-refractivity contribution in [1.29, 1.82) is 0 Å². The van der Waals surface area contributed by atoms with Crippen LogP contribution in [-0.2, 0) is 13.6 Å². The predicted molar refractivity (Wildman–Crippen MR) is 86.3 cm³/mol. The molecule has 0 heterocycles. The van der Waals surface area contributed by atoms with E-state index >= 15 is 0 Å². The highest BCUT2D eigenvalue weighted by Gasteiger charge is 2.29. The molecule has 0 amide bonds. The van der Waals surface area contributed by atoms with E-state index in [0.29, 0.717) is 0 Å². The maximum absolute atomic E-state index is 12.8. The highest BCUT2D eigenvalue weighted by atomic mass is 31.2. The van der Waals surface area contributed by atoms with Gasteiger partial charge in [-0.2, -0.15) is 0 Å². The van der Waals surface area contributed by atoms with Crippen LogP contribution < -0.4 is 9.64 Å². The van der Waals surface area contributed by atoms with Gasteiger partial charge in [-0.05, 0) is 52.0 Å². The number of benzene rings is 1. The van der Waals surface area contributed by atoms with E-state index < -0.39 is 7.60 Å². The molecule has 1 aromatic rings. The number of hydrogen-bond acceptors (Lipinski definition) is 5. The Morgan fingerprint density at radius 1 is 1.05 bits per heavy atom. The molecule has 0 atom stereocenters. The van der Waals surface area contributed by atoms with Crippen LogP contribution in [0.5, 0.6) is 5.75 Å². The van der Waals surface area contributed by atoms with Crippen LogP contribution in [-0.4, -0.2) is 32.7 Å². The number of rotatable bonds is 8. The highest BCUT2D eigenvalue weighted by molar-refractivity contribution is 7.54. The van der Waals surface area contributed by atoms with Crippen LogP contribution in [0.4, 0.5) is 5.69 Å². The minimum Gasteiger partial charge on any atom is -0.497 e. The number of ether oxygens (including phenoxy) is 1. The molecule has 0 N–H and O–H groups in total. The first-order valence-corrected chi connectivity index (χ1v) is 8.79. The van der Waals surface area contributed by atoms with Crippen molar-refractivity contribution in [2.24, 2.45) is 0 Å². The number of anilines is 1. The molecule has 1 aromatic carbocycles. The lowest BCUT2D eigenvalue weighted by Gasteiger charge is -2.28. The minimum absolute atomic E-state index is 0.154. The Labute approximate surface area is 127 Å². The average Bonchev–Trinajstić information content (AvgIpc) is 2.36. The fraction of sp³-hybridized carbons (Fsp3) is 0.600. The molecule has 0 unspecified atom stereocenters. The number of hydrogen-bond donors (Lipinski definition) is 0. The zero-order valence-electron chi connectivity index (χ0n) is 13.7. The van der Waals surface area contributed by atoms with Crippen LogP contribution in [0.25, 0.3) is 0 Å². The topological polar surface area (TPSA) is 48.0 Å². The van der Waals surface area contributed by atoms with Crippen LogP contribution in [0.2, 0.25) is 0 Å². The van der Waals surface area contributed by atoms with Gasteiger partial charge in [0.05, 0.1) is 19.3 Å². The smallest absolute Gasteiger partial charge is 0.350 e. The highest BCUT2D eigenvalue weighted by Crippen LogP contribution is 2.51. The molecule has 0 radical (unpaired) electrons. The zero-order valence-corrected chi connectivity index (χ0v) is 14.6. The Hall–Kier alpha value is -1.03. The summed E-state index contributed by atoms with van der Waals surface area (Å²) in [5.74, 6) is 0.784. The summed E-state index contributed by atoms with van der Waals surface area (Å²) in [5.41, 5.74) is 0.927. The molecule has 0 aromatic heterocycles. The molecule has 0 saturated heterocycles. The second-order valence-corrected chi connectivity index (χ2v) is 7.38. The van der Waals surface area contributed by atoms with E-state index in [1.54, 1.807) is 7.11 Å². The van der Waals surface area contributed by atoms with Gasteiger partial charge in [0.25, 0.3) is 0 Å². The first-order valence-electron chi connectivity index (χ1n) is 7.07. The molecule has 0 aliphatic rings. The first kappa shape index (κ1) is 18.0. The molecule has 0 aliphatic carbocycles. The predicted octanol–water partition coefficient (Wildman–Crippen LogP) is 4.13. The molecule has 6 heteroatoms. The van der Waals surface area contributed by atoms with Gasteiger partial charge in [-0.3, -0.25) is 4.57 Å². The molecule has 0 fully saturated rings. The van der Waals surface area contributed by atoms with Crippen molar-refractivity contribution in [1.82, 2.24) is 0 Å². The van der Waals surface area contributed by atoms with Gasteiger partial charge in [0.15, 0.2) is 0 Å². The lowest BCUT2D eigenvalue weighted by atomic mass is 10.3.